The van der Waals surface area contributed by atoms with Crippen LogP contribution in [0.2, 0.25) is 0 Å². The summed E-state index contributed by atoms with van der Waals surface area (Å²) in [5, 5.41) is 1.08. The molecule has 0 bridgehead atoms. The van der Waals surface area contributed by atoms with E-state index in [-0.39, 0.29) is 0 Å². The second kappa shape index (κ2) is 10.7. The topological polar surface area (TPSA) is 87.2 Å². The Kier molecular flexibility index (Phi) is 7.47. The van der Waals surface area contributed by atoms with Crippen LogP contribution in [-0.4, -0.2) is 41.9 Å². The molecule has 0 saturated carbocycles. The van der Waals surface area contributed by atoms with Gasteiger partial charge >= 0.3 is 0 Å². The fourth-order valence-electron chi connectivity index (χ4n) is 3.80. The van der Waals surface area contributed by atoms with Crippen LogP contribution in [0.4, 0.5) is 5.82 Å². The number of methoxy groups -OCH3 is 2. The standard InChI is InChI=1S/C24H29N5O2S/c1-30-15-12-21-28-22-23(19-10-3-4-11-20(19)27-24(22)25)29(21)14-6-5-13-26-32-18-9-7-8-17(16-18)31-2/h3-4,7-11,16,26H,5-6,12-15H2,1-2H3,(H2,25,27). The van der Waals surface area contributed by atoms with Gasteiger partial charge in [0.1, 0.15) is 17.1 Å². The van der Waals surface area contributed by atoms with Crippen LogP contribution >= 0.6 is 11.9 Å². The lowest BCUT2D eigenvalue weighted by Crippen LogP contribution is -2.10. The maximum Gasteiger partial charge on any atom is 0.152 e. The van der Waals surface area contributed by atoms with Gasteiger partial charge in [0.25, 0.3) is 0 Å². The summed E-state index contributed by atoms with van der Waals surface area (Å²) in [4.78, 5) is 10.5. The molecule has 2 aromatic carbocycles. The first-order chi connectivity index (χ1) is 15.7. The third-order valence-electron chi connectivity index (χ3n) is 5.36. The quantitative estimate of drug-likeness (QED) is 0.257. The number of rotatable bonds is 11. The molecule has 2 heterocycles. The molecule has 0 saturated heterocycles. The van der Waals surface area contributed by atoms with Crippen LogP contribution in [0.25, 0.3) is 21.9 Å². The fourth-order valence-corrected chi connectivity index (χ4v) is 4.53. The molecule has 32 heavy (non-hydrogen) atoms. The smallest absolute Gasteiger partial charge is 0.152 e. The van der Waals surface area contributed by atoms with Gasteiger partial charge in [-0.1, -0.05) is 24.3 Å². The fraction of sp³-hybridized carbons (Fsp3) is 0.333. The number of anilines is 1. The number of imidazole rings is 1. The van der Waals surface area contributed by atoms with Gasteiger partial charge in [0, 0.05) is 36.9 Å². The van der Waals surface area contributed by atoms with E-state index in [2.05, 4.69) is 26.4 Å². The number of ether oxygens (including phenoxy) is 2. The van der Waals surface area contributed by atoms with Gasteiger partial charge < -0.3 is 19.8 Å². The van der Waals surface area contributed by atoms with Crippen molar-refractivity contribution in [3.63, 3.8) is 0 Å². The number of nitrogens with one attached hydrogen (secondary N) is 1. The molecule has 0 radical (unpaired) electrons. The summed E-state index contributed by atoms with van der Waals surface area (Å²) in [7, 11) is 3.40. The summed E-state index contributed by atoms with van der Waals surface area (Å²) in [5.74, 6) is 2.34. The number of benzene rings is 2. The van der Waals surface area contributed by atoms with Crippen LogP contribution in [0.1, 0.15) is 18.7 Å². The number of hydrogen-bond donors (Lipinski definition) is 2. The van der Waals surface area contributed by atoms with E-state index < -0.39 is 0 Å². The lowest BCUT2D eigenvalue weighted by molar-refractivity contribution is 0.199. The van der Waals surface area contributed by atoms with Gasteiger partial charge in [0.05, 0.1) is 24.8 Å². The van der Waals surface area contributed by atoms with Crippen LogP contribution in [0.5, 0.6) is 5.75 Å². The van der Waals surface area contributed by atoms with Crippen LogP contribution in [0.15, 0.2) is 53.4 Å². The highest BCUT2D eigenvalue weighted by Gasteiger charge is 2.16. The number of nitrogens with two attached hydrogens (primary N) is 1. The highest BCUT2D eigenvalue weighted by Crippen LogP contribution is 2.29. The second-order valence-electron chi connectivity index (χ2n) is 7.52. The van der Waals surface area contributed by atoms with Gasteiger partial charge in [-0.05, 0) is 49.1 Å². The largest absolute Gasteiger partial charge is 0.497 e. The zero-order valence-electron chi connectivity index (χ0n) is 18.5. The molecule has 3 N–H and O–H groups in total. The number of unbranched alkanes of at least 4 members (excludes halogenated alkanes) is 1. The van der Waals surface area contributed by atoms with Crippen LogP contribution < -0.4 is 15.2 Å². The van der Waals surface area contributed by atoms with E-state index in [4.69, 9.17) is 20.2 Å². The molecule has 0 spiro atoms. The molecule has 7 nitrogen and oxygen atoms in total. The predicted molar refractivity (Wildman–Crippen MR) is 131 cm³/mol. The minimum absolute atomic E-state index is 0.479. The summed E-state index contributed by atoms with van der Waals surface area (Å²) in [6.07, 6.45) is 2.80. The molecule has 0 atom stereocenters. The number of aryl methyl sites for hydroxylation is 1. The Bertz CT molecular complexity index is 1190. The van der Waals surface area contributed by atoms with Crippen molar-refractivity contribution in [2.24, 2.45) is 0 Å². The summed E-state index contributed by atoms with van der Waals surface area (Å²) in [6, 6.07) is 16.2. The number of pyridine rings is 1. The average molecular weight is 452 g/mol. The third kappa shape index (κ3) is 4.98. The van der Waals surface area contributed by atoms with Crippen molar-refractivity contribution in [3.8, 4) is 5.75 Å². The first-order valence-corrected chi connectivity index (χ1v) is 11.6. The molecule has 0 aliphatic carbocycles. The van der Waals surface area contributed by atoms with Gasteiger partial charge in [-0.2, -0.15) is 0 Å². The highest BCUT2D eigenvalue weighted by molar-refractivity contribution is 7.97. The molecule has 2 aromatic heterocycles. The number of nitrogens with zero attached hydrogens (tertiary/aromatic N) is 3. The molecular weight excluding hydrogens is 422 g/mol. The molecule has 0 amide bonds. The third-order valence-corrected chi connectivity index (χ3v) is 6.20. The number of nitrogen functional groups attached to an aromatic ring is 1. The normalized spacial score (nSPS) is 11.4. The summed E-state index contributed by atoms with van der Waals surface area (Å²) < 4.78 is 16.3. The van der Waals surface area contributed by atoms with Gasteiger partial charge in [0.15, 0.2) is 5.82 Å². The molecule has 168 valence electrons. The highest BCUT2D eigenvalue weighted by atomic mass is 32.2. The molecule has 0 unspecified atom stereocenters. The van der Waals surface area contributed by atoms with E-state index in [9.17, 15) is 0 Å². The maximum atomic E-state index is 6.26. The summed E-state index contributed by atoms with van der Waals surface area (Å²) >= 11 is 1.63. The second-order valence-corrected chi connectivity index (χ2v) is 8.48. The van der Waals surface area contributed by atoms with Crippen molar-refractivity contribution >= 4 is 39.7 Å². The number of hydrogen-bond acceptors (Lipinski definition) is 7. The van der Waals surface area contributed by atoms with E-state index in [1.54, 1.807) is 26.2 Å². The Morgan fingerprint density at radius 3 is 2.78 bits per heavy atom. The zero-order chi connectivity index (χ0) is 22.3. The van der Waals surface area contributed by atoms with Crippen molar-refractivity contribution in [2.75, 3.05) is 33.1 Å². The Labute approximate surface area is 192 Å². The minimum Gasteiger partial charge on any atom is -0.497 e. The molecule has 4 aromatic rings. The van der Waals surface area contributed by atoms with Crippen molar-refractivity contribution in [2.45, 2.75) is 30.7 Å². The molecule has 8 heteroatoms. The lowest BCUT2D eigenvalue weighted by atomic mass is 10.2. The number of fused-ring (bicyclic) bond motifs is 3. The van der Waals surface area contributed by atoms with Crippen molar-refractivity contribution in [3.05, 3.63) is 54.4 Å². The summed E-state index contributed by atoms with van der Waals surface area (Å²) in [6.45, 7) is 2.40. The van der Waals surface area contributed by atoms with Crippen LogP contribution in [-0.2, 0) is 17.7 Å². The first-order valence-electron chi connectivity index (χ1n) is 10.8. The first kappa shape index (κ1) is 22.4. The molecule has 0 aliphatic rings. The average Bonchev–Trinajstić information content (AvgIpc) is 3.19. The predicted octanol–water partition coefficient (Wildman–Crippen LogP) is 4.44. The monoisotopic (exact) mass is 451 g/mol. The SMILES string of the molecule is COCCc1nc2c(N)nc3ccccc3c2n1CCCCNSc1cccc(OC)c1. The van der Waals surface area contributed by atoms with E-state index in [0.29, 0.717) is 12.4 Å². The van der Waals surface area contributed by atoms with E-state index in [1.807, 2.05) is 36.4 Å². The van der Waals surface area contributed by atoms with Gasteiger partial charge in [0.2, 0.25) is 0 Å². The van der Waals surface area contributed by atoms with E-state index in [0.717, 1.165) is 70.8 Å². The van der Waals surface area contributed by atoms with E-state index in [1.165, 1.54) is 0 Å². The Morgan fingerprint density at radius 1 is 1.06 bits per heavy atom. The molecule has 4 rings (SSSR count). The van der Waals surface area contributed by atoms with Crippen molar-refractivity contribution < 1.29 is 9.47 Å². The van der Waals surface area contributed by atoms with Gasteiger partial charge in [-0.25, -0.2) is 9.97 Å². The molecular formula is C24H29N5O2S. The van der Waals surface area contributed by atoms with Crippen LogP contribution in [0.3, 0.4) is 0 Å². The van der Waals surface area contributed by atoms with E-state index >= 15 is 0 Å². The van der Waals surface area contributed by atoms with Gasteiger partial charge in [-0.3, -0.25) is 4.72 Å². The Morgan fingerprint density at radius 2 is 1.94 bits per heavy atom. The van der Waals surface area contributed by atoms with Crippen molar-refractivity contribution in [1.29, 1.82) is 0 Å². The molecule has 0 fully saturated rings. The zero-order valence-corrected chi connectivity index (χ0v) is 19.3. The Hall–Kier alpha value is -2.81. The van der Waals surface area contributed by atoms with Crippen molar-refractivity contribution in [1.82, 2.24) is 19.3 Å². The summed E-state index contributed by atoms with van der Waals surface area (Å²) in [5.41, 5.74) is 9.01. The minimum atomic E-state index is 0.479. The molecule has 0 aliphatic heterocycles. The number of para-hydroxylation sites is 1. The maximum absolute atomic E-state index is 6.26. The van der Waals surface area contributed by atoms with Crippen LogP contribution in [0, 0.1) is 0 Å². The lowest BCUT2D eigenvalue weighted by Gasteiger charge is -2.11. The Balaban J connectivity index is 1.45. The number of aromatic nitrogens is 3. The van der Waals surface area contributed by atoms with Gasteiger partial charge in [-0.15, -0.1) is 0 Å².